The molecule has 0 spiro atoms. The van der Waals surface area contributed by atoms with E-state index in [0.717, 1.165) is 6.54 Å². The number of aliphatic hydroxyl groups is 1. The first-order valence-corrected chi connectivity index (χ1v) is 7.97. The minimum atomic E-state index is -2.86. The lowest BCUT2D eigenvalue weighted by Crippen LogP contribution is -2.49. The quantitative estimate of drug-likeness (QED) is 0.726. The molecule has 0 aromatic rings. The third-order valence-electron chi connectivity index (χ3n) is 3.18. The minimum Gasteiger partial charge on any atom is -0.394 e. The van der Waals surface area contributed by atoms with Crippen molar-refractivity contribution in [3.8, 4) is 0 Å². The zero-order valence-electron chi connectivity index (χ0n) is 10.6. The maximum atomic E-state index is 11.4. The first-order chi connectivity index (χ1) is 7.98. The van der Waals surface area contributed by atoms with Crippen molar-refractivity contribution in [2.45, 2.75) is 32.4 Å². The molecule has 0 aromatic heterocycles. The average molecular weight is 265 g/mol. The van der Waals surface area contributed by atoms with Crippen LogP contribution in [0.15, 0.2) is 0 Å². The standard InChI is InChI=1S/C11H23NO4S/c1-3-17(14,15)6-4-5-12-7-11(8-13)16-9-10(12)2/h10-11,13H,3-9H2,1-2H3. The highest BCUT2D eigenvalue weighted by atomic mass is 32.2. The fourth-order valence-electron chi connectivity index (χ4n) is 1.93. The molecule has 0 aromatic carbocycles. The lowest BCUT2D eigenvalue weighted by atomic mass is 10.2. The number of ether oxygens (including phenoxy) is 1. The SMILES string of the molecule is CCS(=O)(=O)CCCN1CC(CO)OCC1C. The summed E-state index contributed by atoms with van der Waals surface area (Å²) in [5.74, 6) is 0.461. The number of sulfone groups is 1. The number of nitrogens with zero attached hydrogens (tertiary/aromatic N) is 1. The van der Waals surface area contributed by atoms with Gasteiger partial charge in [-0.3, -0.25) is 4.90 Å². The van der Waals surface area contributed by atoms with Crippen LogP contribution >= 0.6 is 0 Å². The Labute approximate surface area is 104 Å². The molecule has 1 heterocycles. The van der Waals surface area contributed by atoms with E-state index >= 15 is 0 Å². The number of hydrogen-bond acceptors (Lipinski definition) is 5. The maximum Gasteiger partial charge on any atom is 0.150 e. The Kier molecular flexibility index (Phi) is 5.85. The zero-order valence-corrected chi connectivity index (χ0v) is 11.4. The van der Waals surface area contributed by atoms with Gasteiger partial charge in [0.2, 0.25) is 0 Å². The summed E-state index contributed by atoms with van der Waals surface area (Å²) in [7, 11) is -2.86. The second-order valence-corrected chi connectivity index (χ2v) is 7.04. The van der Waals surface area contributed by atoms with E-state index in [4.69, 9.17) is 9.84 Å². The van der Waals surface area contributed by atoms with Crippen LogP contribution in [0.25, 0.3) is 0 Å². The Balaban J connectivity index is 2.34. The summed E-state index contributed by atoms with van der Waals surface area (Å²) in [6, 6.07) is 0.294. The summed E-state index contributed by atoms with van der Waals surface area (Å²) in [5.41, 5.74) is 0. The second kappa shape index (κ2) is 6.68. The number of aliphatic hydroxyl groups excluding tert-OH is 1. The van der Waals surface area contributed by atoms with Gasteiger partial charge in [-0.25, -0.2) is 8.42 Å². The molecule has 2 unspecified atom stereocenters. The van der Waals surface area contributed by atoms with Crippen molar-refractivity contribution in [2.75, 3.05) is 37.8 Å². The van der Waals surface area contributed by atoms with Crippen LogP contribution in [0.2, 0.25) is 0 Å². The van der Waals surface area contributed by atoms with E-state index in [1.54, 1.807) is 6.92 Å². The zero-order chi connectivity index (χ0) is 12.9. The van der Waals surface area contributed by atoms with Crippen LogP contribution < -0.4 is 0 Å². The number of morpholine rings is 1. The van der Waals surface area contributed by atoms with E-state index in [-0.39, 0.29) is 24.2 Å². The molecule has 0 amide bonds. The van der Waals surface area contributed by atoms with Crippen LogP contribution in [0, 0.1) is 0 Å². The molecule has 0 saturated carbocycles. The molecule has 2 atom stereocenters. The minimum absolute atomic E-state index is 0.0243. The Morgan fingerprint density at radius 2 is 2.18 bits per heavy atom. The van der Waals surface area contributed by atoms with Crippen LogP contribution in [-0.2, 0) is 14.6 Å². The normalized spacial score (nSPS) is 27.2. The van der Waals surface area contributed by atoms with Gasteiger partial charge in [-0.05, 0) is 19.9 Å². The van der Waals surface area contributed by atoms with E-state index in [1.165, 1.54) is 0 Å². The molecule has 17 heavy (non-hydrogen) atoms. The van der Waals surface area contributed by atoms with Gasteiger partial charge in [0.25, 0.3) is 0 Å². The van der Waals surface area contributed by atoms with E-state index < -0.39 is 9.84 Å². The highest BCUT2D eigenvalue weighted by molar-refractivity contribution is 7.91. The third kappa shape index (κ3) is 4.91. The number of rotatable bonds is 6. The summed E-state index contributed by atoms with van der Waals surface area (Å²) in [5, 5.41) is 9.04. The van der Waals surface area contributed by atoms with Crippen LogP contribution in [0.1, 0.15) is 20.3 Å². The Morgan fingerprint density at radius 3 is 2.76 bits per heavy atom. The Hall–Kier alpha value is -0.170. The van der Waals surface area contributed by atoms with Gasteiger partial charge in [0.15, 0.2) is 0 Å². The van der Waals surface area contributed by atoms with Crippen molar-refractivity contribution in [1.29, 1.82) is 0 Å². The topological polar surface area (TPSA) is 66.8 Å². The summed E-state index contributed by atoms with van der Waals surface area (Å²) < 4.78 is 28.1. The van der Waals surface area contributed by atoms with Gasteiger partial charge in [-0.15, -0.1) is 0 Å². The predicted molar refractivity (Wildman–Crippen MR) is 66.8 cm³/mol. The molecule has 1 rings (SSSR count). The van der Waals surface area contributed by atoms with Crippen molar-refractivity contribution in [3.63, 3.8) is 0 Å². The summed E-state index contributed by atoms with van der Waals surface area (Å²) in [6.45, 7) is 5.79. The monoisotopic (exact) mass is 265 g/mol. The van der Waals surface area contributed by atoms with Gasteiger partial charge in [0.05, 0.1) is 25.1 Å². The van der Waals surface area contributed by atoms with Crippen molar-refractivity contribution in [2.24, 2.45) is 0 Å². The largest absolute Gasteiger partial charge is 0.394 e. The highest BCUT2D eigenvalue weighted by Gasteiger charge is 2.25. The molecule has 1 aliphatic heterocycles. The summed E-state index contributed by atoms with van der Waals surface area (Å²) in [4.78, 5) is 2.19. The molecule has 1 aliphatic rings. The first-order valence-electron chi connectivity index (χ1n) is 6.15. The highest BCUT2D eigenvalue weighted by Crippen LogP contribution is 2.12. The molecule has 0 aliphatic carbocycles. The average Bonchev–Trinajstić information content (AvgIpc) is 2.31. The molecule has 1 N–H and O–H groups in total. The van der Waals surface area contributed by atoms with Crippen LogP contribution in [0.3, 0.4) is 0 Å². The molecule has 0 radical (unpaired) electrons. The first kappa shape index (κ1) is 14.9. The Morgan fingerprint density at radius 1 is 1.47 bits per heavy atom. The molecule has 1 fully saturated rings. The van der Waals surface area contributed by atoms with Gasteiger partial charge < -0.3 is 9.84 Å². The van der Waals surface area contributed by atoms with Crippen molar-refractivity contribution in [1.82, 2.24) is 4.90 Å². The van der Waals surface area contributed by atoms with Crippen molar-refractivity contribution >= 4 is 9.84 Å². The van der Waals surface area contributed by atoms with E-state index in [9.17, 15) is 8.42 Å². The van der Waals surface area contributed by atoms with Gasteiger partial charge in [-0.2, -0.15) is 0 Å². The lowest BCUT2D eigenvalue weighted by Gasteiger charge is -2.37. The smallest absolute Gasteiger partial charge is 0.150 e. The van der Waals surface area contributed by atoms with E-state index in [1.807, 2.05) is 0 Å². The van der Waals surface area contributed by atoms with Crippen LogP contribution in [0.5, 0.6) is 0 Å². The fourth-order valence-corrected chi connectivity index (χ4v) is 2.79. The second-order valence-electron chi connectivity index (χ2n) is 4.57. The van der Waals surface area contributed by atoms with Crippen LogP contribution in [-0.4, -0.2) is 68.4 Å². The molecule has 6 heteroatoms. The predicted octanol–water partition coefficient (Wildman–Crippen LogP) is -0.107. The van der Waals surface area contributed by atoms with E-state index in [0.29, 0.717) is 25.6 Å². The molecule has 1 saturated heterocycles. The molecular formula is C11H23NO4S. The van der Waals surface area contributed by atoms with Gasteiger partial charge in [0.1, 0.15) is 9.84 Å². The lowest BCUT2D eigenvalue weighted by molar-refractivity contribution is -0.0775. The van der Waals surface area contributed by atoms with Crippen molar-refractivity contribution in [3.05, 3.63) is 0 Å². The molecule has 5 nitrogen and oxygen atoms in total. The third-order valence-corrected chi connectivity index (χ3v) is 4.97. The number of hydrogen-bond donors (Lipinski definition) is 1. The summed E-state index contributed by atoms with van der Waals surface area (Å²) >= 11 is 0. The van der Waals surface area contributed by atoms with Crippen molar-refractivity contribution < 1.29 is 18.3 Å². The maximum absolute atomic E-state index is 11.4. The van der Waals surface area contributed by atoms with Gasteiger partial charge >= 0.3 is 0 Å². The van der Waals surface area contributed by atoms with Gasteiger partial charge in [0, 0.05) is 18.3 Å². The molecular weight excluding hydrogens is 242 g/mol. The summed E-state index contributed by atoms with van der Waals surface area (Å²) in [6.07, 6.45) is 0.521. The molecule has 0 bridgehead atoms. The fraction of sp³-hybridized carbons (Fsp3) is 1.00. The van der Waals surface area contributed by atoms with Gasteiger partial charge in [-0.1, -0.05) is 6.92 Å². The Bertz CT molecular complexity index is 317. The van der Waals surface area contributed by atoms with E-state index in [2.05, 4.69) is 11.8 Å². The molecule has 102 valence electrons. The van der Waals surface area contributed by atoms with Crippen LogP contribution in [0.4, 0.5) is 0 Å².